The van der Waals surface area contributed by atoms with Crippen molar-refractivity contribution >= 4 is 35.2 Å². The second kappa shape index (κ2) is 11.8. The molecule has 0 radical (unpaired) electrons. The molecule has 6 atom stereocenters. The van der Waals surface area contributed by atoms with Crippen LogP contribution in [0, 0.1) is 17.8 Å². The van der Waals surface area contributed by atoms with E-state index in [1.54, 1.807) is 64.9 Å². The molecule has 3 aliphatic heterocycles. The van der Waals surface area contributed by atoms with Crippen molar-refractivity contribution in [2.24, 2.45) is 17.8 Å². The molecule has 212 valence electrons. The lowest BCUT2D eigenvalue weighted by Crippen LogP contribution is -2.58. The zero-order valence-electron chi connectivity index (χ0n) is 23.4. The minimum absolute atomic E-state index is 0.0253. The lowest BCUT2D eigenvalue weighted by Gasteiger charge is -2.40. The smallest absolute Gasteiger partial charge is 0.251 e. The Balaban J connectivity index is 1.81. The third-order valence-corrected chi connectivity index (χ3v) is 10.3. The van der Waals surface area contributed by atoms with Crippen LogP contribution in [-0.4, -0.2) is 88.6 Å². The number of aliphatic hydroxyl groups is 1. The van der Waals surface area contributed by atoms with Gasteiger partial charge in [0.1, 0.15) is 11.8 Å². The quantitative estimate of drug-likeness (QED) is 0.398. The number of likely N-dealkylation sites (tertiary alicyclic amines) is 1. The van der Waals surface area contributed by atoms with Gasteiger partial charge >= 0.3 is 0 Å². The Hall–Kier alpha value is -2.78. The molecule has 1 aromatic carbocycles. The Kier molecular flexibility index (Phi) is 8.81. The summed E-state index contributed by atoms with van der Waals surface area (Å²) in [5, 5.41) is 10.5. The summed E-state index contributed by atoms with van der Waals surface area (Å²) in [6.45, 7) is 12.1. The Labute approximate surface area is 236 Å². The summed E-state index contributed by atoms with van der Waals surface area (Å²) in [4.78, 5) is 47.6. The number of hydrogen-bond donors (Lipinski definition) is 1. The lowest BCUT2D eigenvalue weighted by atomic mass is 9.70. The van der Waals surface area contributed by atoms with Crippen molar-refractivity contribution in [3.05, 3.63) is 49.6 Å². The van der Waals surface area contributed by atoms with Crippen LogP contribution >= 0.6 is 11.8 Å². The molecule has 3 aliphatic rings. The lowest BCUT2D eigenvalue weighted by molar-refractivity contribution is -0.145. The maximum atomic E-state index is 14.6. The number of likely N-dealkylation sites (N-methyl/N-ethyl adjacent to an activating group) is 1. The predicted octanol–water partition coefficient (Wildman–Crippen LogP) is 3.36. The van der Waals surface area contributed by atoms with Crippen molar-refractivity contribution < 1.29 is 24.2 Å². The predicted molar refractivity (Wildman–Crippen MR) is 155 cm³/mol. The third-order valence-electron chi connectivity index (χ3n) is 8.35. The highest BCUT2D eigenvalue weighted by Gasteiger charge is 2.74. The fourth-order valence-corrected chi connectivity index (χ4v) is 8.96. The van der Waals surface area contributed by atoms with Crippen molar-refractivity contribution in [1.82, 2.24) is 9.80 Å². The highest BCUT2D eigenvalue weighted by molar-refractivity contribution is 8.02. The maximum absolute atomic E-state index is 14.6. The summed E-state index contributed by atoms with van der Waals surface area (Å²) < 4.78 is 4.57. The second-order valence-corrected chi connectivity index (χ2v) is 12.8. The van der Waals surface area contributed by atoms with Gasteiger partial charge in [0.25, 0.3) is 5.91 Å². The molecule has 8 nitrogen and oxygen atoms in total. The summed E-state index contributed by atoms with van der Waals surface area (Å²) >= 11 is 1.64. The fraction of sp³-hybridized carbons (Fsp3) is 0.567. The van der Waals surface area contributed by atoms with Gasteiger partial charge < -0.3 is 24.5 Å². The first-order valence-electron chi connectivity index (χ1n) is 13.7. The van der Waals surface area contributed by atoms with Crippen LogP contribution < -0.4 is 9.64 Å². The Bertz CT molecular complexity index is 1110. The molecule has 39 heavy (non-hydrogen) atoms. The van der Waals surface area contributed by atoms with Crippen molar-refractivity contribution in [3.8, 4) is 5.75 Å². The first-order valence-corrected chi connectivity index (χ1v) is 14.6. The van der Waals surface area contributed by atoms with Crippen molar-refractivity contribution in [3.63, 3.8) is 0 Å². The minimum atomic E-state index is -0.800. The highest BCUT2D eigenvalue weighted by Crippen LogP contribution is 2.67. The number of methoxy groups -OCH3 is 1. The second-order valence-electron chi connectivity index (χ2n) is 11.2. The number of aliphatic hydroxyl groups excluding tert-OH is 1. The summed E-state index contributed by atoms with van der Waals surface area (Å²) in [6, 6.07) is 5.92. The average Bonchev–Trinajstić information content (AvgIpc) is 3.57. The fourth-order valence-electron chi connectivity index (χ4n) is 6.77. The number of rotatable bonds is 12. The first kappa shape index (κ1) is 29.2. The number of carbonyl (C=O) groups is 3. The standard InChI is InChI=1S/C30H41N3O5S/c1-7-15-31(5)27(35)24-23-13-14-30(39-23)25(24)28(36)33(21(18-34)17-19(3)4)26(30)29(37)32(16-8-2)20-9-11-22(38-6)12-10-20/h7-12,19,21,23-26,34H,1-2,13-18H2,3-6H3/t21-,23+,24-,25+,26?,30?/m1/s1. The van der Waals surface area contributed by atoms with E-state index in [4.69, 9.17) is 4.74 Å². The molecular weight excluding hydrogens is 514 g/mol. The monoisotopic (exact) mass is 555 g/mol. The molecule has 1 N–H and O–H groups in total. The van der Waals surface area contributed by atoms with Crippen LogP contribution in [0.5, 0.6) is 5.75 Å². The number of fused-ring (bicyclic) bond motifs is 1. The molecule has 3 saturated heterocycles. The van der Waals surface area contributed by atoms with Crippen LogP contribution in [0.2, 0.25) is 0 Å². The molecule has 0 saturated carbocycles. The van der Waals surface area contributed by atoms with Crippen LogP contribution in [0.4, 0.5) is 5.69 Å². The molecule has 9 heteroatoms. The number of amides is 3. The molecule has 3 amide bonds. The number of hydrogen-bond acceptors (Lipinski definition) is 6. The summed E-state index contributed by atoms with van der Waals surface area (Å²) in [5.41, 5.74) is 0.674. The van der Waals surface area contributed by atoms with Gasteiger partial charge in [-0.05, 0) is 49.4 Å². The van der Waals surface area contributed by atoms with Gasteiger partial charge in [-0.15, -0.1) is 24.9 Å². The first-order chi connectivity index (χ1) is 18.6. The van der Waals surface area contributed by atoms with Crippen molar-refractivity contribution in [1.29, 1.82) is 0 Å². The SMILES string of the molecule is C=CCN(C)C(=O)[C@@H]1[C@@H]2CCC3(S2)C(C(=O)N(CC=C)c2ccc(OC)cc2)N([C@@H](CO)CC(C)C)C(=O)[C@H]13. The van der Waals surface area contributed by atoms with Crippen LogP contribution in [0.15, 0.2) is 49.6 Å². The van der Waals surface area contributed by atoms with Crippen molar-refractivity contribution in [2.45, 2.75) is 55.2 Å². The van der Waals surface area contributed by atoms with E-state index in [-0.39, 0.29) is 42.0 Å². The van der Waals surface area contributed by atoms with Gasteiger partial charge in [0, 0.05) is 31.1 Å². The van der Waals surface area contributed by atoms with Gasteiger partial charge in [-0.2, -0.15) is 0 Å². The molecular formula is C30H41N3O5S. The average molecular weight is 556 g/mol. The van der Waals surface area contributed by atoms with E-state index in [2.05, 4.69) is 13.2 Å². The number of benzene rings is 1. The zero-order valence-corrected chi connectivity index (χ0v) is 24.2. The van der Waals surface area contributed by atoms with Gasteiger partial charge in [0.2, 0.25) is 11.8 Å². The van der Waals surface area contributed by atoms with Crippen LogP contribution in [-0.2, 0) is 14.4 Å². The van der Waals surface area contributed by atoms with Gasteiger partial charge in [0.05, 0.1) is 36.3 Å². The summed E-state index contributed by atoms with van der Waals surface area (Å²) in [5.74, 6) is -0.725. The van der Waals surface area contributed by atoms with E-state index < -0.39 is 28.7 Å². The van der Waals surface area contributed by atoms with E-state index in [1.165, 1.54) is 0 Å². The van der Waals surface area contributed by atoms with Crippen LogP contribution in [0.1, 0.15) is 33.1 Å². The third kappa shape index (κ3) is 4.99. The van der Waals surface area contributed by atoms with Crippen molar-refractivity contribution in [2.75, 3.05) is 38.8 Å². The van der Waals surface area contributed by atoms with Gasteiger partial charge in [-0.3, -0.25) is 14.4 Å². The number of carbonyl (C=O) groups excluding carboxylic acids is 3. The van der Waals surface area contributed by atoms with E-state index >= 15 is 0 Å². The Morgan fingerprint density at radius 3 is 2.44 bits per heavy atom. The molecule has 0 aromatic heterocycles. The minimum Gasteiger partial charge on any atom is -0.497 e. The molecule has 2 unspecified atom stereocenters. The summed E-state index contributed by atoms with van der Waals surface area (Å²) in [7, 11) is 3.32. The number of nitrogens with zero attached hydrogens (tertiary/aromatic N) is 3. The normalized spacial score (nSPS) is 27.8. The maximum Gasteiger partial charge on any atom is 0.251 e. The van der Waals surface area contributed by atoms with Gasteiger partial charge in [0.15, 0.2) is 0 Å². The van der Waals surface area contributed by atoms with E-state index in [0.717, 1.165) is 6.42 Å². The molecule has 1 aromatic rings. The Morgan fingerprint density at radius 2 is 1.87 bits per heavy atom. The van der Waals surface area contributed by atoms with E-state index in [1.807, 2.05) is 26.0 Å². The highest BCUT2D eigenvalue weighted by atomic mass is 32.2. The molecule has 3 heterocycles. The Morgan fingerprint density at radius 1 is 1.21 bits per heavy atom. The zero-order chi connectivity index (χ0) is 28.5. The molecule has 4 rings (SSSR count). The van der Waals surface area contributed by atoms with E-state index in [0.29, 0.717) is 30.8 Å². The number of ether oxygens (including phenoxy) is 1. The number of anilines is 1. The van der Waals surface area contributed by atoms with E-state index in [9.17, 15) is 19.5 Å². The number of thioether (sulfide) groups is 1. The molecule has 1 spiro atoms. The summed E-state index contributed by atoms with van der Waals surface area (Å²) in [6.07, 6.45) is 5.34. The molecule has 2 bridgehead atoms. The van der Waals surface area contributed by atoms with Gasteiger partial charge in [-0.1, -0.05) is 26.0 Å². The van der Waals surface area contributed by atoms with Crippen LogP contribution in [0.25, 0.3) is 0 Å². The van der Waals surface area contributed by atoms with Gasteiger partial charge in [-0.25, -0.2) is 0 Å². The molecule has 0 aliphatic carbocycles. The molecule has 3 fully saturated rings. The topological polar surface area (TPSA) is 90.4 Å². The van der Waals surface area contributed by atoms with Crippen LogP contribution in [0.3, 0.4) is 0 Å². The largest absolute Gasteiger partial charge is 0.497 e.